The van der Waals surface area contributed by atoms with Gasteiger partial charge in [-0.3, -0.25) is 10.1 Å². The zero-order valence-electron chi connectivity index (χ0n) is 12.1. The van der Waals surface area contributed by atoms with E-state index in [0.29, 0.717) is 5.76 Å². The van der Waals surface area contributed by atoms with Crippen molar-refractivity contribution in [1.82, 2.24) is 10.6 Å². The molecule has 1 unspecified atom stereocenters. The summed E-state index contributed by atoms with van der Waals surface area (Å²) in [5.41, 5.74) is -0.307. The summed E-state index contributed by atoms with van der Waals surface area (Å²) in [6.45, 7) is 7.62. The number of primary sulfonamides is 1. The van der Waals surface area contributed by atoms with Crippen LogP contribution in [-0.2, 0) is 21.4 Å². The smallest absolute Gasteiger partial charge is 0.271 e. The largest absolute Gasteiger partial charge is 0.447 e. The SMILES string of the molecule is CC(NCc1ccc(S(N)(=O)=O)o1)C(=O)NC(C)(C)C. The van der Waals surface area contributed by atoms with E-state index in [1.165, 1.54) is 12.1 Å². The molecular weight excluding hydrogens is 282 g/mol. The van der Waals surface area contributed by atoms with Gasteiger partial charge in [0.15, 0.2) is 0 Å². The maximum atomic E-state index is 11.8. The van der Waals surface area contributed by atoms with Crippen LogP contribution in [0.3, 0.4) is 0 Å². The number of hydrogen-bond donors (Lipinski definition) is 3. The van der Waals surface area contributed by atoms with E-state index in [1.54, 1.807) is 6.92 Å². The van der Waals surface area contributed by atoms with E-state index in [1.807, 2.05) is 20.8 Å². The predicted molar refractivity (Wildman–Crippen MR) is 74.3 cm³/mol. The van der Waals surface area contributed by atoms with Gasteiger partial charge in [-0.15, -0.1) is 0 Å². The average Bonchev–Trinajstić information content (AvgIpc) is 2.71. The van der Waals surface area contributed by atoms with Crippen molar-refractivity contribution >= 4 is 15.9 Å². The fourth-order valence-electron chi connectivity index (χ4n) is 1.43. The van der Waals surface area contributed by atoms with Gasteiger partial charge in [0.1, 0.15) is 5.76 Å². The highest BCUT2D eigenvalue weighted by Gasteiger charge is 2.19. The van der Waals surface area contributed by atoms with E-state index in [2.05, 4.69) is 10.6 Å². The van der Waals surface area contributed by atoms with Crippen LogP contribution in [0.4, 0.5) is 0 Å². The first-order chi connectivity index (χ1) is 8.99. The minimum Gasteiger partial charge on any atom is -0.447 e. The maximum Gasteiger partial charge on any atom is 0.271 e. The summed E-state index contributed by atoms with van der Waals surface area (Å²) in [4.78, 5) is 11.8. The number of carbonyl (C=O) groups is 1. The molecule has 0 fully saturated rings. The monoisotopic (exact) mass is 303 g/mol. The van der Waals surface area contributed by atoms with Crippen molar-refractivity contribution in [2.75, 3.05) is 0 Å². The van der Waals surface area contributed by atoms with Gasteiger partial charge in [0.2, 0.25) is 11.0 Å². The molecule has 4 N–H and O–H groups in total. The van der Waals surface area contributed by atoms with Gasteiger partial charge in [0.25, 0.3) is 10.0 Å². The zero-order valence-corrected chi connectivity index (χ0v) is 12.9. The number of nitrogens with one attached hydrogen (secondary N) is 2. The summed E-state index contributed by atoms with van der Waals surface area (Å²) in [7, 11) is -3.83. The summed E-state index contributed by atoms with van der Waals surface area (Å²) < 4.78 is 27.2. The quantitative estimate of drug-likeness (QED) is 0.724. The molecule has 0 spiro atoms. The van der Waals surface area contributed by atoms with Crippen molar-refractivity contribution in [3.8, 4) is 0 Å². The van der Waals surface area contributed by atoms with Crippen LogP contribution in [0.5, 0.6) is 0 Å². The molecule has 1 atom stereocenters. The average molecular weight is 303 g/mol. The van der Waals surface area contributed by atoms with Crippen LogP contribution in [0, 0.1) is 0 Å². The van der Waals surface area contributed by atoms with Gasteiger partial charge in [-0.05, 0) is 39.8 Å². The summed E-state index contributed by atoms with van der Waals surface area (Å²) >= 11 is 0. The maximum absolute atomic E-state index is 11.8. The number of carbonyl (C=O) groups excluding carboxylic acids is 1. The molecule has 1 amide bonds. The van der Waals surface area contributed by atoms with Gasteiger partial charge in [0, 0.05) is 5.54 Å². The van der Waals surface area contributed by atoms with E-state index in [-0.39, 0.29) is 23.1 Å². The number of hydrogen-bond acceptors (Lipinski definition) is 5. The molecule has 1 aromatic rings. The second-order valence-corrected chi connectivity index (χ2v) is 7.10. The van der Waals surface area contributed by atoms with Crippen LogP contribution >= 0.6 is 0 Å². The van der Waals surface area contributed by atoms with Crippen LogP contribution < -0.4 is 15.8 Å². The fraction of sp³-hybridized carbons (Fsp3) is 0.583. The highest BCUT2D eigenvalue weighted by Crippen LogP contribution is 2.12. The second-order valence-electron chi connectivity index (χ2n) is 5.61. The molecule has 0 radical (unpaired) electrons. The molecule has 0 aliphatic heterocycles. The molecular formula is C12H21N3O4S. The van der Waals surface area contributed by atoms with E-state index >= 15 is 0 Å². The molecule has 0 aliphatic carbocycles. The van der Waals surface area contributed by atoms with Crippen LogP contribution in [0.1, 0.15) is 33.5 Å². The Morgan fingerprint density at radius 1 is 1.40 bits per heavy atom. The summed E-state index contributed by atoms with van der Waals surface area (Å²) in [6.07, 6.45) is 0. The van der Waals surface area contributed by atoms with Gasteiger partial charge >= 0.3 is 0 Å². The topological polar surface area (TPSA) is 114 Å². The highest BCUT2D eigenvalue weighted by atomic mass is 32.2. The second kappa shape index (κ2) is 5.94. The molecule has 114 valence electrons. The van der Waals surface area contributed by atoms with Crippen molar-refractivity contribution in [2.24, 2.45) is 5.14 Å². The molecule has 7 nitrogen and oxygen atoms in total. The lowest BCUT2D eigenvalue weighted by Gasteiger charge is -2.23. The van der Waals surface area contributed by atoms with Crippen LogP contribution in [0.15, 0.2) is 21.6 Å². The van der Waals surface area contributed by atoms with Gasteiger partial charge in [-0.1, -0.05) is 0 Å². The first-order valence-electron chi connectivity index (χ1n) is 6.16. The Morgan fingerprint density at radius 2 is 2.00 bits per heavy atom. The number of amides is 1. The molecule has 0 aromatic carbocycles. The molecule has 20 heavy (non-hydrogen) atoms. The van der Waals surface area contributed by atoms with Crippen molar-refractivity contribution in [3.05, 3.63) is 17.9 Å². The Kier molecular flexibility index (Phi) is 4.95. The van der Waals surface area contributed by atoms with Crippen molar-refractivity contribution in [3.63, 3.8) is 0 Å². The molecule has 1 aromatic heterocycles. The lowest BCUT2D eigenvalue weighted by molar-refractivity contribution is -0.124. The van der Waals surface area contributed by atoms with Gasteiger partial charge in [0.05, 0.1) is 12.6 Å². The molecule has 1 heterocycles. The summed E-state index contributed by atoms with van der Waals surface area (Å²) in [5.74, 6) is 0.250. The van der Waals surface area contributed by atoms with E-state index in [4.69, 9.17) is 9.56 Å². The van der Waals surface area contributed by atoms with Gasteiger partial charge in [-0.2, -0.15) is 0 Å². The first kappa shape index (κ1) is 16.7. The van der Waals surface area contributed by atoms with Crippen molar-refractivity contribution < 1.29 is 17.6 Å². The Labute approximate surface area is 119 Å². The van der Waals surface area contributed by atoms with Crippen LogP contribution in [0.25, 0.3) is 0 Å². The predicted octanol–water partition coefficient (Wildman–Crippen LogP) is 0.320. The normalized spacial score (nSPS) is 14.1. The summed E-state index contributed by atoms with van der Waals surface area (Å²) in [5, 5.41) is 10.4. The van der Waals surface area contributed by atoms with Crippen LogP contribution in [0.2, 0.25) is 0 Å². The van der Waals surface area contributed by atoms with E-state index in [9.17, 15) is 13.2 Å². The number of rotatable bonds is 5. The Bertz CT molecular complexity index is 572. The minimum absolute atomic E-state index is 0.143. The molecule has 0 saturated carbocycles. The summed E-state index contributed by atoms with van der Waals surface area (Å²) in [6, 6.07) is 2.35. The number of sulfonamides is 1. The van der Waals surface area contributed by atoms with Crippen LogP contribution in [-0.4, -0.2) is 25.9 Å². The Morgan fingerprint density at radius 3 is 2.45 bits per heavy atom. The van der Waals surface area contributed by atoms with E-state index in [0.717, 1.165) is 0 Å². The third kappa shape index (κ3) is 5.32. The first-order valence-corrected chi connectivity index (χ1v) is 7.70. The number of nitrogens with two attached hydrogens (primary N) is 1. The fourth-order valence-corrected chi connectivity index (χ4v) is 1.91. The van der Waals surface area contributed by atoms with Crippen molar-refractivity contribution in [1.29, 1.82) is 0 Å². The molecule has 8 heteroatoms. The Hall–Kier alpha value is -1.38. The van der Waals surface area contributed by atoms with Crippen molar-refractivity contribution in [2.45, 2.75) is 50.9 Å². The lowest BCUT2D eigenvalue weighted by atomic mass is 10.1. The zero-order chi connectivity index (χ0) is 15.6. The standard InChI is InChI=1S/C12H21N3O4S/c1-8(11(16)15-12(2,3)4)14-7-9-5-6-10(19-9)20(13,17)18/h5-6,8,14H,7H2,1-4H3,(H,15,16)(H2,13,17,18). The third-order valence-electron chi connectivity index (χ3n) is 2.39. The third-order valence-corrected chi connectivity index (χ3v) is 3.17. The lowest BCUT2D eigenvalue weighted by Crippen LogP contribution is -2.49. The molecule has 0 bridgehead atoms. The minimum atomic E-state index is -3.83. The molecule has 0 aliphatic rings. The van der Waals surface area contributed by atoms with Gasteiger partial charge in [-0.25, -0.2) is 13.6 Å². The highest BCUT2D eigenvalue weighted by molar-refractivity contribution is 7.89. The molecule has 0 saturated heterocycles. The van der Waals surface area contributed by atoms with Gasteiger partial charge < -0.3 is 9.73 Å². The Balaban J connectivity index is 2.55. The molecule has 1 rings (SSSR count). The van der Waals surface area contributed by atoms with E-state index < -0.39 is 16.1 Å². The number of furan rings is 1.